The molecule has 3 aromatic rings. The number of hydrogen-bond acceptors (Lipinski definition) is 4. The Labute approximate surface area is 129 Å². The Kier molecular flexibility index (Phi) is 3.80. The van der Waals surface area contributed by atoms with Gasteiger partial charge in [0, 0.05) is 18.1 Å². The highest BCUT2D eigenvalue weighted by atomic mass is 32.2. The fourth-order valence-corrected chi connectivity index (χ4v) is 3.82. The fourth-order valence-electron chi connectivity index (χ4n) is 2.43. The lowest BCUT2D eigenvalue weighted by atomic mass is 10.2. The maximum absolute atomic E-state index is 12.8. The predicted molar refractivity (Wildman–Crippen MR) is 85.5 cm³/mol. The quantitative estimate of drug-likeness (QED) is 0.725. The molecule has 0 amide bonds. The number of aromatic nitrogens is 1. The van der Waals surface area contributed by atoms with Crippen molar-refractivity contribution < 1.29 is 12.8 Å². The Morgan fingerprint density at radius 1 is 1.14 bits per heavy atom. The first-order valence-corrected chi connectivity index (χ1v) is 8.45. The fraction of sp³-hybridized carbons (Fsp3) is 0.250. The SMILES string of the molecule is CN(C)CCc1cn(S(=O)(=O)c2ccccc2)c2cocc12. The third kappa shape index (κ3) is 2.55. The zero-order valence-electron chi connectivity index (χ0n) is 12.6. The molecule has 0 radical (unpaired) electrons. The van der Waals surface area contributed by atoms with Crippen LogP contribution in [0.3, 0.4) is 0 Å². The summed E-state index contributed by atoms with van der Waals surface area (Å²) in [7, 11) is 0.371. The molecule has 1 aromatic carbocycles. The van der Waals surface area contributed by atoms with Gasteiger partial charge in [-0.15, -0.1) is 0 Å². The van der Waals surface area contributed by atoms with Gasteiger partial charge in [-0.3, -0.25) is 0 Å². The minimum atomic E-state index is -3.61. The summed E-state index contributed by atoms with van der Waals surface area (Å²) in [6.07, 6.45) is 5.55. The highest BCUT2D eigenvalue weighted by Crippen LogP contribution is 2.27. The van der Waals surface area contributed by atoms with Crippen LogP contribution in [-0.4, -0.2) is 37.9 Å². The summed E-state index contributed by atoms with van der Waals surface area (Å²) in [5, 5.41) is 0.848. The number of hydrogen-bond donors (Lipinski definition) is 0. The van der Waals surface area contributed by atoms with Gasteiger partial charge in [-0.1, -0.05) is 18.2 Å². The molecule has 116 valence electrons. The molecule has 0 saturated carbocycles. The first-order valence-electron chi connectivity index (χ1n) is 7.01. The minimum absolute atomic E-state index is 0.271. The van der Waals surface area contributed by atoms with Crippen molar-refractivity contribution in [2.45, 2.75) is 11.3 Å². The number of likely N-dealkylation sites (N-methyl/N-ethyl adjacent to an activating group) is 1. The Morgan fingerprint density at radius 2 is 1.86 bits per heavy atom. The van der Waals surface area contributed by atoms with E-state index in [0.717, 1.165) is 23.9 Å². The average Bonchev–Trinajstić information content (AvgIpc) is 3.08. The van der Waals surface area contributed by atoms with Gasteiger partial charge in [0.25, 0.3) is 10.0 Å². The van der Waals surface area contributed by atoms with E-state index in [1.165, 1.54) is 10.2 Å². The summed E-state index contributed by atoms with van der Waals surface area (Å²) in [5.74, 6) is 0. The van der Waals surface area contributed by atoms with Crippen molar-refractivity contribution in [2.24, 2.45) is 0 Å². The molecule has 0 saturated heterocycles. The molecule has 2 heterocycles. The van der Waals surface area contributed by atoms with Gasteiger partial charge >= 0.3 is 0 Å². The number of fused-ring (bicyclic) bond motifs is 1. The van der Waals surface area contributed by atoms with E-state index in [4.69, 9.17) is 4.42 Å². The number of nitrogens with zero attached hydrogens (tertiary/aromatic N) is 2. The summed E-state index contributed by atoms with van der Waals surface area (Å²) in [6.45, 7) is 0.843. The van der Waals surface area contributed by atoms with Gasteiger partial charge < -0.3 is 9.32 Å². The van der Waals surface area contributed by atoms with Crippen molar-refractivity contribution in [3.8, 4) is 0 Å². The van der Waals surface area contributed by atoms with Gasteiger partial charge in [-0.05, 0) is 38.2 Å². The smallest absolute Gasteiger partial charge is 0.268 e. The largest absolute Gasteiger partial charge is 0.470 e. The standard InChI is InChI=1S/C16H18N2O3S/c1-17(2)9-8-13-10-18(16-12-21-11-15(13)16)22(19,20)14-6-4-3-5-7-14/h3-7,10-12H,8-9H2,1-2H3. The van der Waals surface area contributed by atoms with E-state index < -0.39 is 10.0 Å². The van der Waals surface area contributed by atoms with Crippen LogP contribution in [0.4, 0.5) is 0 Å². The lowest BCUT2D eigenvalue weighted by Crippen LogP contribution is -2.15. The van der Waals surface area contributed by atoms with Gasteiger partial charge in [-0.2, -0.15) is 0 Å². The third-order valence-electron chi connectivity index (χ3n) is 3.63. The Morgan fingerprint density at radius 3 is 2.55 bits per heavy atom. The van der Waals surface area contributed by atoms with Crippen LogP contribution in [0.15, 0.2) is 58.4 Å². The first-order chi connectivity index (χ1) is 10.5. The molecule has 0 unspecified atom stereocenters. The molecule has 0 spiro atoms. The van der Waals surface area contributed by atoms with E-state index in [-0.39, 0.29) is 4.90 Å². The van der Waals surface area contributed by atoms with Crippen molar-refractivity contribution in [1.82, 2.24) is 8.87 Å². The maximum Gasteiger partial charge on any atom is 0.268 e. The van der Waals surface area contributed by atoms with Gasteiger partial charge in [0.2, 0.25) is 0 Å². The molecule has 5 nitrogen and oxygen atoms in total. The van der Waals surface area contributed by atoms with Crippen molar-refractivity contribution in [3.63, 3.8) is 0 Å². The van der Waals surface area contributed by atoms with Gasteiger partial charge in [0.15, 0.2) is 0 Å². The molecule has 6 heteroatoms. The van der Waals surface area contributed by atoms with Crippen LogP contribution in [-0.2, 0) is 16.4 Å². The molecule has 2 aromatic heterocycles. The minimum Gasteiger partial charge on any atom is -0.470 e. The van der Waals surface area contributed by atoms with E-state index in [1.807, 2.05) is 14.1 Å². The van der Waals surface area contributed by atoms with Crippen LogP contribution < -0.4 is 0 Å². The van der Waals surface area contributed by atoms with Crippen LogP contribution >= 0.6 is 0 Å². The average molecular weight is 318 g/mol. The summed E-state index contributed by atoms with van der Waals surface area (Å²) in [4.78, 5) is 2.34. The molecule has 0 aliphatic carbocycles. The molecule has 0 bridgehead atoms. The zero-order valence-corrected chi connectivity index (χ0v) is 13.4. The monoisotopic (exact) mass is 318 g/mol. The Hall–Kier alpha value is -2.05. The molecule has 22 heavy (non-hydrogen) atoms. The zero-order chi connectivity index (χ0) is 15.7. The lowest BCUT2D eigenvalue weighted by molar-refractivity contribution is 0.414. The molecule has 0 aliphatic rings. The van der Waals surface area contributed by atoms with Gasteiger partial charge in [0.1, 0.15) is 18.0 Å². The summed E-state index contributed by atoms with van der Waals surface area (Å²) in [5.41, 5.74) is 1.55. The molecule has 0 N–H and O–H groups in total. The topological polar surface area (TPSA) is 55.5 Å². The van der Waals surface area contributed by atoms with E-state index in [0.29, 0.717) is 5.52 Å². The second-order valence-corrected chi connectivity index (χ2v) is 7.31. The maximum atomic E-state index is 12.8. The van der Waals surface area contributed by atoms with E-state index in [9.17, 15) is 8.42 Å². The number of rotatable bonds is 5. The van der Waals surface area contributed by atoms with Crippen molar-refractivity contribution in [3.05, 3.63) is 54.6 Å². The number of furan rings is 1. The van der Waals surface area contributed by atoms with E-state index >= 15 is 0 Å². The van der Waals surface area contributed by atoms with E-state index in [1.54, 1.807) is 42.8 Å². The highest BCUT2D eigenvalue weighted by Gasteiger charge is 2.22. The van der Waals surface area contributed by atoms with Crippen molar-refractivity contribution >= 4 is 20.9 Å². The van der Waals surface area contributed by atoms with Crippen LogP contribution in [0.25, 0.3) is 10.9 Å². The first kappa shape index (κ1) is 14.9. The molecule has 0 aliphatic heterocycles. The molecule has 0 fully saturated rings. The molecule has 3 rings (SSSR count). The molecule has 0 atom stereocenters. The van der Waals surface area contributed by atoms with Crippen molar-refractivity contribution in [1.29, 1.82) is 0 Å². The Balaban J connectivity index is 2.10. The van der Waals surface area contributed by atoms with Gasteiger partial charge in [0.05, 0.1) is 4.90 Å². The number of benzene rings is 1. The predicted octanol–water partition coefficient (Wildman–Crippen LogP) is 2.58. The summed E-state index contributed by atoms with van der Waals surface area (Å²) >= 11 is 0. The van der Waals surface area contributed by atoms with E-state index in [2.05, 4.69) is 4.90 Å². The van der Waals surface area contributed by atoms with Crippen LogP contribution in [0.2, 0.25) is 0 Å². The van der Waals surface area contributed by atoms with Crippen molar-refractivity contribution in [2.75, 3.05) is 20.6 Å². The lowest BCUT2D eigenvalue weighted by Gasteiger charge is -2.08. The van der Waals surface area contributed by atoms with Gasteiger partial charge in [-0.25, -0.2) is 12.4 Å². The third-order valence-corrected chi connectivity index (χ3v) is 5.31. The molecular weight excluding hydrogens is 300 g/mol. The summed E-state index contributed by atoms with van der Waals surface area (Å²) < 4.78 is 32.2. The van der Waals surface area contributed by atoms with Crippen LogP contribution in [0.5, 0.6) is 0 Å². The highest BCUT2D eigenvalue weighted by molar-refractivity contribution is 7.90. The van der Waals surface area contributed by atoms with Crippen LogP contribution in [0.1, 0.15) is 5.56 Å². The summed E-state index contributed by atoms with van der Waals surface area (Å²) in [6, 6.07) is 8.43. The normalized spacial score (nSPS) is 12.3. The second kappa shape index (κ2) is 5.62. The Bertz CT molecular complexity index is 877. The molecular formula is C16H18N2O3S. The van der Waals surface area contributed by atoms with Crippen LogP contribution in [0, 0.1) is 0 Å². The second-order valence-electron chi connectivity index (χ2n) is 5.49.